The van der Waals surface area contributed by atoms with Crippen molar-refractivity contribution in [1.82, 2.24) is 4.57 Å². The summed E-state index contributed by atoms with van der Waals surface area (Å²) in [7, 11) is 0. The molecular weight excluding hydrogens is 268 g/mol. The Morgan fingerprint density at radius 2 is 2.27 bits per heavy atom. The topological polar surface area (TPSA) is 82.2 Å². The lowest BCUT2D eigenvalue weighted by Gasteiger charge is -2.03. The van der Waals surface area contributed by atoms with E-state index in [9.17, 15) is 19.7 Å². The maximum absolute atomic E-state index is 11.5. The number of pyridine rings is 1. The van der Waals surface area contributed by atoms with Crippen LogP contribution in [0.5, 0.6) is 0 Å². The Labute approximate surface area is 92.8 Å². The number of aldehydes is 1. The Kier molecular flexibility index (Phi) is 3.73. The van der Waals surface area contributed by atoms with Gasteiger partial charge in [-0.25, -0.2) is 0 Å². The predicted octanol–water partition coefficient (Wildman–Crippen LogP) is 1.11. The maximum atomic E-state index is 11.5. The zero-order valence-electron chi connectivity index (χ0n) is 7.55. The largest absolute Gasteiger partial charge is 0.335 e. The number of aryl methyl sites for hydroxylation is 1. The molecule has 1 aromatic rings. The van der Waals surface area contributed by atoms with Crippen molar-refractivity contribution in [3.8, 4) is 0 Å². The van der Waals surface area contributed by atoms with E-state index in [0.717, 1.165) is 10.6 Å². The fraction of sp³-hybridized carbons (Fsp3) is 0.250. The van der Waals surface area contributed by atoms with E-state index in [4.69, 9.17) is 0 Å². The third kappa shape index (κ3) is 2.72. The molecule has 0 radical (unpaired) electrons. The van der Waals surface area contributed by atoms with Crippen molar-refractivity contribution in [2.24, 2.45) is 0 Å². The molecule has 0 fully saturated rings. The molecule has 0 saturated carbocycles. The van der Waals surface area contributed by atoms with Crippen molar-refractivity contribution >= 4 is 27.9 Å². The highest BCUT2D eigenvalue weighted by Crippen LogP contribution is 2.13. The number of aromatic nitrogens is 1. The summed E-state index contributed by atoms with van der Waals surface area (Å²) in [5, 5.41) is 10.5. The number of carbonyl (C=O) groups is 1. The summed E-state index contributed by atoms with van der Waals surface area (Å²) < 4.78 is 1.57. The molecule has 0 spiro atoms. The van der Waals surface area contributed by atoms with Gasteiger partial charge in [0.05, 0.1) is 4.92 Å². The predicted molar refractivity (Wildman–Crippen MR) is 55.7 cm³/mol. The first-order valence-electron chi connectivity index (χ1n) is 4.04. The molecule has 1 heterocycles. The minimum absolute atomic E-state index is 0.141. The van der Waals surface area contributed by atoms with Crippen LogP contribution in [0.15, 0.2) is 21.5 Å². The molecule has 0 bridgehead atoms. The highest BCUT2D eigenvalue weighted by atomic mass is 79.9. The zero-order valence-corrected chi connectivity index (χ0v) is 9.14. The summed E-state index contributed by atoms with van der Waals surface area (Å²) in [5.41, 5.74) is -1.21. The summed E-state index contributed by atoms with van der Waals surface area (Å²) in [4.78, 5) is 31.3. The van der Waals surface area contributed by atoms with Crippen LogP contribution in [0.2, 0.25) is 0 Å². The molecular formula is C8H7BrN2O4. The lowest BCUT2D eigenvalue weighted by molar-refractivity contribution is -0.386. The molecule has 80 valence electrons. The number of hydrogen-bond acceptors (Lipinski definition) is 4. The van der Waals surface area contributed by atoms with Gasteiger partial charge >= 0.3 is 11.2 Å². The molecule has 7 heteroatoms. The van der Waals surface area contributed by atoms with Crippen molar-refractivity contribution in [3.63, 3.8) is 0 Å². The SMILES string of the molecule is O=CCCn1cc(Br)cc([N+](=O)[O-])c1=O. The second kappa shape index (κ2) is 4.83. The third-order valence-corrected chi connectivity index (χ3v) is 2.15. The van der Waals surface area contributed by atoms with Crippen LogP contribution in [0.4, 0.5) is 5.69 Å². The Hall–Kier alpha value is -1.50. The number of halogens is 1. The molecule has 0 aliphatic carbocycles. The van der Waals surface area contributed by atoms with Gasteiger partial charge in [0.15, 0.2) is 0 Å². The van der Waals surface area contributed by atoms with E-state index >= 15 is 0 Å². The number of rotatable bonds is 4. The lowest BCUT2D eigenvalue weighted by atomic mass is 10.4. The van der Waals surface area contributed by atoms with Crippen molar-refractivity contribution < 1.29 is 9.72 Å². The Balaban J connectivity index is 3.22. The van der Waals surface area contributed by atoms with E-state index in [1.54, 1.807) is 0 Å². The molecule has 0 saturated heterocycles. The van der Waals surface area contributed by atoms with Gasteiger partial charge in [0, 0.05) is 29.7 Å². The monoisotopic (exact) mass is 274 g/mol. The first-order valence-corrected chi connectivity index (χ1v) is 4.83. The second-order valence-electron chi connectivity index (χ2n) is 2.75. The molecule has 0 atom stereocenters. The van der Waals surface area contributed by atoms with Crippen LogP contribution in [-0.2, 0) is 11.3 Å². The third-order valence-electron chi connectivity index (χ3n) is 1.72. The van der Waals surface area contributed by atoms with Gasteiger partial charge < -0.3 is 9.36 Å². The summed E-state index contributed by atoms with van der Waals surface area (Å²) in [6.07, 6.45) is 2.21. The fourth-order valence-electron chi connectivity index (χ4n) is 1.07. The molecule has 0 aromatic carbocycles. The summed E-state index contributed by atoms with van der Waals surface area (Å²) in [5.74, 6) is 0. The van der Waals surface area contributed by atoms with Gasteiger partial charge in [-0.3, -0.25) is 14.9 Å². The summed E-state index contributed by atoms with van der Waals surface area (Å²) in [6.45, 7) is 0.141. The average Bonchev–Trinajstić information content (AvgIpc) is 2.18. The van der Waals surface area contributed by atoms with Crippen LogP contribution < -0.4 is 5.56 Å². The normalized spacial score (nSPS) is 9.93. The zero-order chi connectivity index (χ0) is 11.4. The van der Waals surface area contributed by atoms with E-state index in [0.29, 0.717) is 10.8 Å². The molecule has 1 aromatic heterocycles. The van der Waals surface area contributed by atoms with Crippen LogP contribution in [-0.4, -0.2) is 15.8 Å². The lowest BCUT2D eigenvalue weighted by Crippen LogP contribution is -2.22. The minimum atomic E-state index is -0.746. The molecule has 0 aliphatic rings. The van der Waals surface area contributed by atoms with Crippen molar-refractivity contribution in [1.29, 1.82) is 0 Å². The maximum Gasteiger partial charge on any atom is 0.335 e. The van der Waals surface area contributed by atoms with Crippen molar-refractivity contribution in [2.75, 3.05) is 0 Å². The Morgan fingerprint density at radius 1 is 1.60 bits per heavy atom. The quantitative estimate of drug-likeness (QED) is 0.468. The van der Waals surface area contributed by atoms with E-state index in [2.05, 4.69) is 15.9 Å². The highest BCUT2D eigenvalue weighted by molar-refractivity contribution is 9.10. The number of nitro groups is 1. The molecule has 15 heavy (non-hydrogen) atoms. The first-order chi connectivity index (χ1) is 7.06. The van der Waals surface area contributed by atoms with Crippen LogP contribution in [0, 0.1) is 10.1 Å². The molecule has 0 aliphatic heterocycles. The molecule has 0 N–H and O–H groups in total. The van der Waals surface area contributed by atoms with Crippen LogP contribution in [0.3, 0.4) is 0 Å². The first kappa shape index (κ1) is 11.6. The molecule has 0 amide bonds. The van der Waals surface area contributed by atoms with Gasteiger partial charge in [0.25, 0.3) is 0 Å². The van der Waals surface area contributed by atoms with Crippen LogP contribution in [0.25, 0.3) is 0 Å². The van der Waals surface area contributed by atoms with E-state index in [-0.39, 0.29) is 13.0 Å². The van der Waals surface area contributed by atoms with E-state index < -0.39 is 16.2 Å². The number of hydrogen-bond donors (Lipinski definition) is 0. The van der Waals surface area contributed by atoms with Crippen molar-refractivity contribution in [2.45, 2.75) is 13.0 Å². The van der Waals surface area contributed by atoms with Crippen LogP contribution >= 0.6 is 15.9 Å². The Morgan fingerprint density at radius 3 is 2.80 bits per heavy atom. The van der Waals surface area contributed by atoms with Gasteiger partial charge in [0.1, 0.15) is 6.29 Å². The van der Waals surface area contributed by atoms with Gasteiger partial charge in [-0.2, -0.15) is 0 Å². The smallest absolute Gasteiger partial charge is 0.308 e. The van der Waals surface area contributed by atoms with E-state index in [1.165, 1.54) is 6.20 Å². The Bertz CT molecular complexity index is 454. The highest BCUT2D eigenvalue weighted by Gasteiger charge is 2.15. The van der Waals surface area contributed by atoms with Gasteiger partial charge in [-0.15, -0.1) is 0 Å². The fourth-order valence-corrected chi connectivity index (χ4v) is 1.54. The standard InChI is InChI=1S/C8H7BrN2O4/c9-6-4-7(11(14)15)8(13)10(5-6)2-1-3-12/h3-5H,1-2H2. The van der Waals surface area contributed by atoms with Crippen LogP contribution in [0.1, 0.15) is 6.42 Å². The molecule has 1 rings (SSSR count). The van der Waals surface area contributed by atoms with Crippen molar-refractivity contribution in [3.05, 3.63) is 37.2 Å². The summed E-state index contributed by atoms with van der Waals surface area (Å²) in [6, 6.07) is 1.14. The second-order valence-corrected chi connectivity index (χ2v) is 3.67. The number of nitrogens with zero attached hydrogens (tertiary/aromatic N) is 2. The van der Waals surface area contributed by atoms with Gasteiger partial charge in [0.2, 0.25) is 0 Å². The number of carbonyl (C=O) groups excluding carboxylic acids is 1. The molecule has 6 nitrogen and oxygen atoms in total. The average molecular weight is 275 g/mol. The minimum Gasteiger partial charge on any atom is -0.308 e. The molecule has 0 unspecified atom stereocenters. The van der Waals surface area contributed by atoms with Gasteiger partial charge in [-0.1, -0.05) is 0 Å². The van der Waals surface area contributed by atoms with E-state index in [1.807, 2.05) is 0 Å². The van der Waals surface area contributed by atoms with Gasteiger partial charge in [-0.05, 0) is 15.9 Å². The summed E-state index contributed by atoms with van der Waals surface area (Å²) >= 11 is 3.05.